The predicted molar refractivity (Wildman–Crippen MR) is 119 cm³/mol. The summed E-state index contributed by atoms with van der Waals surface area (Å²) in [5.41, 5.74) is 2.38. The van der Waals surface area contributed by atoms with Gasteiger partial charge in [-0.1, -0.05) is 47.7 Å². The lowest BCUT2D eigenvalue weighted by atomic mass is 10.1. The highest BCUT2D eigenvalue weighted by molar-refractivity contribution is 8.00. The summed E-state index contributed by atoms with van der Waals surface area (Å²) in [6, 6.07) is 25.6. The molecule has 0 saturated heterocycles. The largest absolute Gasteiger partial charge is 0.497 e. The molecule has 0 amide bonds. The number of ether oxygens (including phenoxy) is 1. The van der Waals surface area contributed by atoms with Crippen LogP contribution in [0.4, 0.5) is 0 Å². The maximum absolute atomic E-state index is 13.4. The van der Waals surface area contributed by atoms with Crippen LogP contribution in [0.1, 0.15) is 5.56 Å². The van der Waals surface area contributed by atoms with Crippen molar-refractivity contribution in [2.45, 2.75) is 21.7 Å². The first-order chi connectivity index (χ1) is 14.5. The van der Waals surface area contributed by atoms with E-state index in [1.165, 1.54) is 11.8 Å². The Morgan fingerprint density at radius 1 is 0.900 bits per heavy atom. The second-order valence-electron chi connectivity index (χ2n) is 6.67. The molecule has 0 saturated carbocycles. The number of nitrogens with zero attached hydrogens (tertiary/aromatic N) is 2. The van der Waals surface area contributed by atoms with Crippen molar-refractivity contribution in [3.63, 3.8) is 0 Å². The van der Waals surface area contributed by atoms with Gasteiger partial charge in [0.25, 0.3) is 10.0 Å². The summed E-state index contributed by atoms with van der Waals surface area (Å²) in [5, 5.41) is 4.99. The van der Waals surface area contributed by atoms with E-state index in [0.717, 1.165) is 25.9 Å². The number of hydrogen-bond donors (Lipinski definition) is 0. The summed E-state index contributed by atoms with van der Waals surface area (Å²) in [5.74, 6) is 0.726. The zero-order valence-corrected chi connectivity index (χ0v) is 18.2. The van der Waals surface area contributed by atoms with E-state index in [1.54, 1.807) is 37.4 Å². The smallest absolute Gasteiger partial charge is 0.284 e. The van der Waals surface area contributed by atoms with Crippen LogP contribution in [0.5, 0.6) is 5.75 Å². The molecular formula is C23H20N2O3S2. The van der Waals surface area contributed by atoms with E-state index in [2.05, 4.69) is 5.10 Å². The van der Waals surface area contributed by atoms with Crippen LogP contribution in [0.2, 0.25) is 0 Å². The Hall–Kier alpha value is -3.03. The average Bonchev–Trinajstić information content (AvgIpc) is 3.19. The Morgan fingerprint density at radius 3 is 2.20 bits per heavy atom. The molecular weight excluding hydrogens is 416 g/mol. The lowest BCUT2D eigenvalue weighted by Gasteiger charge is -2.09. The number of rotatable bonds is 6. The van der Waals surface area contributed by atoms with Crippen LogP contribution in [-0.4, -0.2) is 24.7 Å². The van der Waals surface area contributed by atoms with Crippen molar-refractivity contribution in [1.29, 1.82) is 0 Å². The Labute approximate surface area is 180 Å². The third-order valence-electron chi connectivity index (χ3n) is 4.55. The van der Waals surface area contributed by atoms with E-state index in [1.807, 2.05) is 61.5 Å². The third kappa shape index (κ3) is 4.13. The fourth-order valence-electron chi connectivity index (χ4n) is 2.91. The minimum absolute atomic E-state index is 0.201. The molecule has 4 rings (SSSR count). The van der Waals surface area contributed by atoms with Gasteiger partial charge in [0, 0.05) is 10.5 Å². The first-order valence-corrected chi connectivity index (χ1v) is 11.5. The van der Waals surface area contributed by atoms with Gasteiger partial charge in [0.2, 0.25) is 0 Å². The van der Waals surface area contributed by atoms with Gasteiger partial charge in [0.1, 0.15) is 10.8 Å². The average molecular weight is 437 g/mol. The highest BCUT2D eigenvalue weighted by atomic mass is 32.2. The van der Waals surface area contributed by atoms with Crippen molar-refractivity contribution in [2.24, 2.45) is 0 Å². The monoisotopic (exact) mass is 436 g/mol. The standard InChI is InChI=1S/C23H20N2O3S2/c1-17-8-14-21(15-9-17)30(26,27)25-23(29-20-6-4-3-5-7-20)16-22(24-25)18-10-12-19(28-2)13-11-18/h3-16H,1-2H3. The van der Waals surface area contributed by atoms with Crippen LogP contribution in [-0.2, 0) is 10.0 Å². The highest BCUT2D eigenvalue weighted by Gasteiger charge is 2.24. The van der Waals surface area contributed by atoms with Gasteiger partial charge in [-0.05, 0) is 61.5 Å². The molecule has 0 spiro atoms. The summed E-state index contributed by atoms with van der Waals surface area (Å²) < 4.78 is 33.1. The van der Waals surface area contributed by atoms with Crippen LogP contribution in [0.3, 0.4) is 0 Å². The second-order valence-corrected chi connectivity index (χ2v) is 9.53. The summed E-state index contributed by atoms with van der Waals surface area (Å²) >= 11 is 1.36. The summed E-state index contributed by atoms with van der Waals surface area (Å²) in [6.45, 7) is 1.92. The van der Waals surface area contributed by atoms with E-state index in [-0.39, 0.29) is 4.90 Å². The maximum Gasteiger partial charge on any atom is 0.284 e. The molecule has 0 bridgehead atoms. The van der Waals surface area contributed by atoms with Crippen LogP contribution >= 0.6 is 11.8 Å². The Morgan fingerprint density at radius 2 is 1.57 bits per heavy atom. The van der Waals surface area contributed by atoms with E-state index >= 15 is 0 Å². The quantitative estimate of drug-likeness (QED) is 0.413. The number of aryl methyl sites for hydroxylation is 1. The molecule has 0 aliphatic rings. The second kappa shape index (κ2) is 8.38. The number of hydrogen-bond acceptors (Lipinski definition) is 5. The zero-order chi connectivity index (χ0) is 21.1. The molecule has 5 nitrogen and oxygen atoms in total. The summed E-state index contributed by atoms with van der Waals surface area (Å²) in [7, 11) is -2.24. The molecule has 1 heterocycles. The van der Waals surface area contributed by atoms with Crippen molar-refractivity contribution < 1.29 is 13.2 Å². The van der Waals surface area contributed by atoms with Crippen LogP contribution < -0.4 is 4.74 Å². The molecule has 1 aromatic heterocycles. The molecule has 0 N–H and O–H groups in total. The summed E-state index contributed by atoms with van der Waals surface area (Å²) in [4.78, 5) is 1.13. The van der Waals surface area contributed by atoms with Gasteiger partial charge in [-0.15, -0.1) is 4.09 Å². The maximum atomic E-state index is 13.4. The van der Waals surface area contributed by atoms with Crippen molar-refractivity contribution in [3.05, 3.63) is 90.5 Å². The SMILES string of the molecule is COc1ccc(-c2cc(Sc3ccccc3)n(S(=O)(=O)c3ccc(C)cc3)n2)cc1. The summed E-state index contributed by atoms with van der Waals surface area (Å²) in [6.07, 6.45) is 0. The molecule has 0 fully saturated rings. The van der Waals surface area contributed by atoms with Gasteiger partial charge < -0.3 is 4.74 Å². The minimum atomic E-state index is -3.85. The van der Waals surface area contributed by atoms with Gasteiger partial charge >= 0.3 is 0 Å². The molecule has 0 unspecified atom stereocenters. The zero-order valence-electron chi connectivity index (χ0n) is 16.5. The molecule has 0 aliphatic carbocycles. The van der Waals surface area contributed by atoms with Gasteiger partial charge in [0.05, 0.1) is 17.7 Å². The first-order valence-electron chi connectivity index (χ1n) is 9.27. The molecule has 152 valence electrons. The van der Waals surface area contributed by atoms with Crippen LogP contribution in [0.15, 0.2) is 99.7 Å². The fourth-order valence-corrected chi connectivity index (χ4v) is 5.31. The molecule has 0 atom stereocenters. The minimum Gasteiger partial charge on any atom is -0.497 e. The van der Waals surface area contributed by atoms with Crippen molar-refractivity contribution in [2.75, 3.05) is 7.11 Å². The Balaban J connectivity index is 1.82. The lowest BCUT2D eigenvalue weighted by molar-refractivity contribution is 0.415. The Kier molecular flexibility index (Phi) is 5.65. The Bertz CT molecular complexity index is 1250. The van der Waals surface area contributed by atoms with Gasteiger partial charge in [-0.2, -0.15) is 13.5 Å². The molecule has 0 radical (unpaired) electrons. The molecule has 30 heavy (non-hydrogen) atoms. The number of methoxy groups -OCH3 is 1. The van der Waals surface area contributed by atoms with Crippen LogP contribution in [0, 0.1) is 6.92 Å². The molecule has 7 heteroatoms. The van der Waals surface area contributed by atoms with Crippen molar-refractivity contribution >= 4 is 21.8 Å². The van der Waals surface area contributed by atoms with E-state index < -0.39 is 10.0 Å². The number of benzene rings is 3. The highest BCUT2D eigenvalue weighted by Crippen LogP contribution is 2.33. The topological polar surface area (TPSA) is 61.2 Å². The third-order valence-corrected chi connectivity index (χ3v) is 7.27. The van der Waals surface area contributed by atoms with Gasteiger partial charge in [0.15, 0.2) is 0 Å². The van der Waals surface area contributed by atoms with Gasteiger partial charge in [-0.25, -0.2) is 0 Å². The van der Waals surface area contributed by atoms with Crippen molar-refractivity contribution in [3.8, 4) is 17.0 Å². The van der Waals surface area contributed by atoms with Crippen LogP contribution in [0.25, 0.3) is 11.3 Å². The normalized spacial score (nSPS) is 11.4. The van der Waals surface area contributed by atoms with Gasteiger partial charge in [-0.3, -0.25) is 0 Å². The lowest BCUT2D eigenvalue weighted by Crippen LogP contribution is -2.15. The predicted octanol–water partition coefficient (Wildman–Crippen LogP) is 5.26. The fraction of sp³-hybridized carbons (Fsp3) is 0.0870. The van der Waals surface area contributed by atoms with Crippen molar-refractivity contribution in [1.82, 2.24) is 9.19 Å². The van der Waals surface area contributed by atoms with E-state index in [9.17, 15) is 8.42 Å². The molecule has 0 aliphatic heterocycles. The van der Waals surface area contributed by atoms with E-state index in [0.29, 0.717) is 10.7 Å². The molecule has 4 aromatic rings. The van der Waals surface area contributed by atoms with E-state index in [4.69, 9.17) is 4.74 Å². The number of aromatic nitrogens is 2. The molecule has 3 aromatic carbocycles. The first kappa shape index (κ1) is 20.3.